The quantitative estimate of drug-likeness (QED) is 0.0323. The fourth-order valence-corrected chi connectivity index (χ4v) is 6.24. The first kappa shape index (κ1) is 42.0. The van der Waals surface area contributed by atoms with E-state index < -0.39 is 53.7 Å². The molecule has 0 saturated heterocycles. The number of halogens is 1. The number of amides is 5. The minimum atomic E-state index is -1.16. The second-order valence-corrected chi connectivity index (χ2v) is 14.3. The van der Waals surface area contributed by atoms with Crippen molar-refractivity contribution in [3.05, 3.63) is 129 Å². The molecular formula is C41H47IN8O5. The zero-order chi connectivity index (χ0) is 39.7. The topological polar surface area (TPSA) is 224 Å². The summed E-state index contributed by atoms with van der Waals surface area (Å²) in [5.74, 6) is -3.17. The van der Waals surface area contributed by atoms with Crippen LogP contribution in [0, 0.1) is 3.57 Å². The van der Waals surface area contributed by atoms with Gasteiger partial charge in [-0.2, -0.15) is 0 Å². The number of nitrogens with zero attached hydrogens (tertiary/aromatic N) is 1. The van der Waals surface area contributed by atoms with E-state index in [1.807, 2.05) is 109 Å². The van der Waals surface area contributed by atoms with Gasteiger partial charge in [0.05, 0.1) is 0 Å². The van der Waals surface area contributed by atoms with Gasteiger partial charge in [-0.1, -0.05) is 97.1 Å². The van der Waals surface area contributed by atoms with Gasteiger partial charge in [-0.05, 0) is 75.4 Å². The van der Waals surface area contributed by atoms with E-state index in [0.29, 0.717) is 6.42 Å². The molecule has 0 spiro atoms. The molecule has 0 radical (unpaired) electrons. The maximum absolute atomic E-state index is 14.1. The van der Waals surface area contributed by atoms with Gasteiger partial charge in [-0.3, -0.25) is 29.0 Å². The molecule has 0 aromatic heterocycles. The molecule has 0 unspecified atom stereocenters. The van der Waals surface area contributed by atoms with Crippen LogP contribution < -0.4 is 38.5 Å². The van der Waals surface area contributed by atoms with E-state index in [2.05, 4.69) is 48.9 Å². The van der Waals surface area contributed by atoms with Crippen molar-refractivity contribution in [3.63, 3.8) is 0 Å². The molecule has 13 nitrogen and oxygen atoms in total. The molecule has 55 heavy (non-hydrogen) atoms. The SMILES string of the molecule is CC(=O)N[C@@H](Cc1ccccc1)C(=O)N[C@@H](CCCN=C(N)N)C(=O)N[C@H](Cc1ccc(I)cc1)C(=O)N[C@@H](Cc1ccc(-c2ccccc2)cc1)C(N)=O. The van der Waals surface area contributed by atoms with E-state index in [4.69, 9.17) is 17.2 Å². The average Bonchev–Trinajstić information content (AvgIpc) is 3.16. The second kappa shape index (κ2) is 21.2. The normalized spacial score (nSPS) is 12.9. The van der Waals surface area contributed by atoms with E-state index in [9.17, 15) is 24.0 Å². The van der Waals surface area contributed by atoms with Crippen LogP contribution in [0.1, 0.15) is 36.5 Å². The molecule has 0 heterocycles. The summed E-state index contributed by atoms with van der Waals surface area (Å²) in [6.07, 6.45) is 0.780. The van der Waals surface area contributed by atoms with E-state index in [0.717, 1.165) is 31.4 Å². The Balaban J connectivity index is 1.55. The summed E-state index contributed by atoms with van der Waals surface area (Å²) in [7, 11) is 0. The van der Waals surface area contributed by atoms with E-state index >= 15 is 0 Å². The predicted octanol–water partition coefficient (Wildman–Crippen LogP) is 2.48. The molecule has 0 fully saturated rings. The van der Waals surface area contributed by atoms with Crippen LogP contribution in [-0.2, 0) is 43.2 Å². The van der Waals surface area contributed by atoms with E-state index in [1.54, 1.807) is 0 Å². The fourth-order valence-electron chi connectivity index (χ4n) is 5.88. The van der Waals surface area contributed by atoms with Gasteiger partial charge in [0, 0.05) is 36.3 Å². The van der Waals surface area contributed by atoms with Crippen LogP contribution >= 0.6 is 22.6 Å². The molecule has 4 rings (SSSR count). The van der Waals surface area contributed by atoms with Gasteiger partial charge in [0.15, 0.2) is 5.96 Å². The number of hydrogen-bond donors (Lipinski definition) is 7. The minimum Gasteiger partial charge on any atom is -0.370 e. The molecule has 0 aliphatic rings. The Hall–Kier alpha value is -5.77. The lowest BCUT2D eigenvalue weighted by atomic mass is 9.99. The molecule has 0 bridgehead atoms. The molecule has 10 N–H and O–H groups in total. The van der Waals surface area contributed by atoms with Gasteiger partial charge in [-0.25, -0.2) is 0 Å². The molecule has 0 saturated carbocycles. The molecule has 4 atom stereocenters. The summed E-state index contributed by atoms with van der Waals surface area (Å²) in [5, 5.41) is 11.0. The minimum absolute atomic E-state index is 0.0724. The smallest absolute Gasteiger partial charge is 0.243 e. The standard InChI is InChI=1S/C41H47IN8O5/c1-26(51)47-35(24-27-9-4-2-5-10-27)39(54)48-33(13-8-22-46-41(44)45)38(53)50-36(25-29-16-20-32(42)21-17-29)40(55)49-34(37(43)52)23-28-14-18-31(19-15-28)30-11-6-3-7-12-30/h2-7,9-12,14-21,33-36H,8,13,22-25H2,1H3,(H2,43,52)(H,47,51)(H,48,54)(H,49,55)(H,50,53)(H4,44,45,46)/t33-,34-,35-,36+/m0/s1. The number of guanidine groups is 1. The van der Waals surface area contributed by atoms with Gasteiger partial charge < -0.3 is 38.5 Å². The maximum Gasteiger partial charge on any atom is 0.243 e. The van der Waals surface area contributed by atoms with E-state index in [-0.39, 0.29) is 38.2 Å². The summed E-state index contributed by atoms with van der Waals surface area (Å²) < 4.78 is 0.978. The van der Waals surface area contributed by atoms with Crippen LogP contribution in [-0.4, -0.2) is 66.2 Å². The number of primary amides is 1. The van der Waals surface area contributed by atoms with Crippen molar-refractivity contribution in [2.75, 3.05) is 6.54 Å². The van der Waals surface area contributed by atoms with Gasteiger partial charge in [0.2, 0.25) is 29.5 Å². The Labute approximate surface area is 334 Å². The summed E-state index contributed by atoms with van der Waals surface area (Å²) in [6, 6.07) is 29.6. The number of rotatable bonds is 19. The molecule has 0 aliphatic heterocycles. The number of benzene rings is 4. The van der Waals surface area contributed by atoms with Gasteiger partial charge >= 0.3 is 0 Å². The Bertz CT molecular complexity index is 1920. The summed E-state index contributed by atoms with van der Waals surface area (Å²) in [4.78, 5) is 70.5. The van der Waals surface area contributed by atoms with Crippen molar-refractivity contribution in [1.29, 1.82) is 0 Å². The van der Waals surface area contributed by atoms with Crippen molar-refractivity contribution in [2.45, 2.75) is 63.2 Å². The van der Waals surface area contributed by atoms with Crippen LogP contribution in [0.3, 0.4) is 0 Å². The van der Waals surface area contributed by atoms with Crippen LogP contribution in [0.15, 0.2) is 114 Å². The average molecular weight is 859 g/mol. The highest BCUT2D eigenvalue weighted by molar-refractivity contribution is 14.1. The second-order valence-electron chi connectivity index (χ2n) is 13.1. The van der Waals surface area contributed by atoms with Crippen molar-refractivity contribution in [1.82, 2.24) is 21.3 Å². The van der Waals surface area contributed by atoms with Crippen molar-refractivity contribution < 1.29 is 24.0 Å². The highest BCUT2D eigenvalue weighted by Crippen LogP contribution is 2.20. The Morgan fingerprint density at radius 1 is 0.564 bits per heavy atom. The zero-order valence-electron chi connectivity index (χ0n) is 30.5. The fraction of sp³-hybridized carbons (Fsp3) is 0.268. The lowest BCUT2D eigenvalue weighted by Crippen LogP contribution is -2.59. The van der Waals surface area contributed by atoms with Crippen LogP contribution in [0.5, 0.6) is 0 Å². The van der Waals surface area contributed by atoms with E-state index in [1.165, 1.54) is 6.92 Å². The largest absolute Gasteiger partial charge is 0.370 e. The molecule has 5 amide bonds. The van der Waals surface area contributed by atoms with Crippen molar-refractivity contribution >= 4 is 58.1 Å². The number of hydrogen-bond acceptors (Lipinski definition) is 6. The third-order valence-corrected chi connectivity index (χ3v) is 9.42. The number of aliphatic imine (C=N–C) groups is 1. The van der Waals surface area contributed by atoms with Crippen molar-refractivity contribution in [2.24, 2.45) is 22.2 Å². The van der Waals surface area contributed by atoms with Gasteiger partial charge in [0.25, 0.3) is 0 Å². The lowest BCUT2D eigenvalue weighted by Gasteiger charge is -2.26. The zero-order valence-corrected chi connectivity index (χ0v) is 32.7. The Morgan fingerprint density at radius 2 is 1.00 bits per heavy atom. The molecule has 288 valence electrons. The van der Waals surface area contributed by atoms with Crippen LogP contribution in [0.25, 0.3) is 11.1 Å². The summed E-state index contributed by atoms with van der Waals surface area (Å²) in [5.41, 5.74) is 21.1. The summed E-state index contributed by atoms with van der Waals surface area (Å²) in [6.45, 7) is 1.48. The highest BCUT2D eigenvalue weighted by Gasteiger charge is 2.31. The Morgan fingerprint density at radius 3 is 1.55 bits per heavy atom. The van der Waals surface area contributed by atoms with Crippen LogP contribution in [0.4, 0.5) is 0 Å². The predicted molar refractivity (Wildman–Crippen MR) is 221 cm³/mol. The molecule has 14 heteroatoms. The first-order chi connectivity index (χ1) is 26.4. The van der Waals surface area contributed by atoms with Gasteiger partial charge in [0.1, 0.15) is 24.2 Å². The summed E-state index contributed by atoms with van der Waals surface area (Å²) >= 11 is 2.17. The molecule has 4 aromatic carbocycles. The number of nitrogens with two attached hydrogens (primary N) is 3. The van der Waals surface area contributed by atoms with Crippen LogP contribution in [0.2, 0.25) is 0 Å². The number of nitrogens with one attached hydrogen (secondary N) is 4. The van der Waals surface area contributed by atoms with Gasteiger partial charge in [-0.15, -0.1) is 0 Å². The first-order valence-electron chi connectivity index (χ1n) is 17.8. The molecule has 0 aliphatic carbocycles. The third-order valence-electron chi connectivity index (χ3n) is 8.70. The highest BCUT2D eigenvalue weighted by atomic mass is 127. The monoisotopic (exact) mass is 858 g/mol. The first-order valence-corrected chi connectivity index (χ1v) is 18.9. The van der Waals surface area contributed by atoms with Crippen molar-refractivity contribution in [3.8, 4) is 11.1 Å². The maximum atomic E-state index is 14.1. The number of carbonyl (C=O) groups excluding carboxylic acids is 5. The third kappa shape index (κ3) is 14.2. The Kier molecular flexibility index (Phi) is 16.2. The lowest BCUT2D eigenvalue weighted by molar-refractivity contribution is -0.134. The molecular weight excluding hydrogens is 811 g/mol. The number of carbonyl (C=O) groups is 5. The molecule has 4 aromatic rings.